The fraction of sp³-hybridized carbons (Fsp3) is 0.315. The Hall–Kier alpha value is -10.1. The summed E-state index contributed by atoms with van der Waals surface area (Å²) in [6.45, 7) is 66.8. The number of rotatable bonds is 0. The van der Waals surface area contributed by atoms with Gasteiger partial charge in [0.1, 0.15) is 11.2 Å². The van der Waals surface area contributed by atoms with Gasteiger partial charge in [0.25, 0.3) is 0 Å². The lowest BCUT2D eigenvalue weighted by molar-refractivity contribution is 0.660. The molecule has 614 valence electrons. The van der Waals surface area contributed by atoms with Crippen LogP contribution in [-0.2, 0) is 12.5 Å². The monoisotopic (exact) mass is 1550 g/mol. The lowest BCUT2D eigenvalue weighted by atomic mass is 9.82. The third-order valence-electron chi connectivity index (χ3n) is 16.5. The van der Waals surface area contributed by atoms with Gasteiger partial charge in [0.2, 0.25) is 0 Å². The molecule has 0 amide bonds. The highest BCUT2D eigenvalue weighted by molar-refractivity contribution is 7.25. The van der Waals surface area contributed by atoms with Crippen LogP contribution in [0.15, 0.2) is 314 Å². The Bertz CT molecular complexity index is 4700. The van der Waals surface area contributed by atoms with Crippen molar-refractivity contribution in [1.29, 1.82) is 0 Å². The van der Waals surface area contributed by atoms with Crippen LogP contribution in [0.5, 0.6) is 0 Å². The smallest absolute Gasteiger partial charge is 0.135 e. The van der Waals surface area contributed by atoms with Crippen LogP contribution in [0.25, 0.3) is 118 Å². The van der Waals surface area contributed by atoms with Gasteiger partial charge in [-0.25, -0.2) is 0 Å². The second-order valence-electron chi connectivity index (χ2n) is 22.0. The molecule has 1 aliphatic carbocycles. The van der Waals surface area contributed by atoms with Crippen molar-refractivity contribution >= 4 is 118 Å². The van der Waals surface area contributed by atoms with Gasteiger partial charge in [-0.3, -0.25) is 0 Å². The van der Waals surface area contributed by atoms with Crippen molar-refractivity contribution in [2.75, 3.05) is 0 Å². The number of benzene rings is 14. The molecule has 18 rings (SSSR count). The van der Waals surface area contributed by atoms with Gasteiger partial charge in [-0.05, 0) is 132 Å². The molecule has 0 bridgehead atoms. The van der Waals surface area contributed by atoms with Crippen LogP contribution < -0.4 is 0 Å². The molecular weight excluding hydrogens is 1400 g/mol. The molecule has 0 fully saturated rings. The fourth-order valence-corrected chi connectivity index (χ4v) is 13.4. The van der Waals surface area contributed by atoms with Crippen molar-refractivity contribution in [3.8, 4) is 11.1 Å². The zero-order chi connectivity index (χ0) is 87.0. The van der Waals surface area contributed by atoms with Crippen molar-refractivity contribution in [1.82, 2.24) is 4.57 Å². The van der Waals surface area contributed by atoms with Gasteiger partial charge in [-0.2, -0.15) is 0 Å². The highest BCUT2D eigenvalue weighted by Gasteiger charge is 2.34. The minimum atomic E-state index is 0.160. The standard InChI is InChI=1S/C15H14.C15H12.C14H10.C13H11N.C12H8O.C12H8S.15C2H6/c1-15(2)13-9-5-3-7-11(13)12-8-4-6-10-14(12)15;1-11-14-8-4-2-6-12(14)10-13-7-3-5-9-15(11)13;1-2-6-12-10-14-8-4-3-7-13(14)9-11(12)5-1;1-14-12-8-4-2-6-10(12)11-7-3-5-9-13(11)14;2*1-3-7-11-9(5-1)10-6-2-4-8-12(10)13-11;15*1-2/h3-10H,1-2H3;2-10H,1H3;1-10H;2-9H,1H3;2*1-8H;15*1-2H3. The summed E-state index contributed by atoms with van der Waals surface area (Å²) in [7, 11) is 2.12. The minimum absolute atomic E-state index is 0.160. The Kier molecular flexibility index (Phi) is 63.0. The van der Waals surface area contributed by atoms with E-state index in [1.807, 2.05) is 255 Å². The van der Waals surface area contributed by atoms with Gasteiger partial charge in [-0.15, -0.1) is 11.3 Å². The van der Waals surface area contributed by atoms with Gasteiger partial charge in [0, 0.05) is 65.2 Å². The number of hydrogen-bond donors (Lipinski definition) is 0. The molecule has 0 N–H and O–H groups in total. The maximum Gasteiger partial charge on any atom is 0.135 e. The summed E-state index contributed by atoms with van der Waals surface area (Å²) >= 11 is 1.86. The number of aryl methyl sites for hydroxylation is 2. The maximum atomic E-state index is 5.65. The van der Waals surface area contributed by atoms with Crippen molar-refractivity contribution < 1.29 is 4.42 Å². The van der Waals surface area contributed by atoms with E-state index in [1.165, 1.54) is 124 Å². The number of thiophene rings is 1. The molecule has 0 aliphatic heterocycles. The number of furan rings is 1. The fourth-order valence-electron chi connectivity index (χ4n) is 12.3. The van der Waals surface area contributed by atoms with E-state index in [2.05, 4.69) is 305 Å². The first-order valence-electron chi connectivity index (χ1n) is 43.9. The lowest BCUT2D eigenvalue weighted by Crippen LogP contribution is -2.14. The molecule has 17 aromatic rings. The van der Waals surface area contributed by atoms with E-state index in [-0.39, 0.29) is 5.41 Å². The average Bonchev–Trinajstić information content (AvgIpc) is 1.59. The van der Waals surface area contributed by atoms with Gasteiger partial charge in [-0.1, -0.05) is 476 Å². The zero-order valence-corrected chi connectivity index (χ0v) is 78.5. The molecule has 3 heteroatoms. The van der Waals surface area contributed by atoms with E-state index in [0.717, 1.165) is 11.2 Å². The van der Waals surface area contributed by atoms with Gasteiger partial charge in [0.05, 0.1) is 0 Å². The first kappa shape index (κ1) is 108. The molecule has 0 saturated carbocycles. The number of fused-ring (bicyclic) bond motifs is 16. The van der Waals surface area contributed by atoms with Gasteiger partial charge < -0.3 is 8.98 Å². The topological polar surface area (TPSA) is 18.1 Å². The first-order valence-corrected chi connectivity index (χ1v) is 44.7. The average molecular weight is 1550 g/mol. The van der Waals surface area contributed by atoms with Crippen molar-refractivity contribution in [3.63, 3.8) is 0 Å². The Balaban J connectivity index is -0.00000121. The maximum absolute atomic E-state index is 5.65. The van der Waals surface area contributed by atoms with Crippen LogP contribution in [-0.4, -0.2) is 4.57 Å². The van der Waals surface area contributed by atoms with Crippen LogP contribution >= 0.6 is 11.3 Å². The third kappa shape index (κ3) is 30.0. The number of hydrogen-bond acceptors (Lipinski definition) is 2. The Morgan fingerprint density at radius 3 is 0.763 bits per heavy atom. The normalized spacial score (nSPS) is 9.56. The molecule has 0 unspecified atom stereocenters. The SMILES string of the molecule is CC.CC.CC.CC.CC.CC.CC.CC.CC.CC.CC.CC.CC.CC.CC.CC1(C)c2ccccc2-c2ccccc21.Cc1c2ccccc2cc2ccccc12.Cn1c2ccccc2c2ccccc21.c1ccc2c(c1)oc1ccccc12.c1ccc2c(c1)sc1ccccc12.c1ccc2cc3ccccc3cc2c1. The summed E-state index contributed by atoms with van der Waals surface area (Å²) < 4.78 is 10.6. The van der Waals surface area contributed by atoms with E-state index in [0.29, 0.717) is 0 Å². The predicted molar refractivity (Wildman–Crippen MR) is 535 cm³/mol. The van der Waals surface area contributed by atoms with Crippen LogP contribution in [0, 0.1) is 6.92 Å². The minimum Gasteiger partial charge on any atom is -0.456 e. The number of aromatic nitrogens is 1. The molecule has 0 spiro atoms. The van der Waals surface area contributed by atoms with Crippen LogP contribution in [0.3, 0.4) is 0 Å². The van der Waals surface area contributed by atoms with Crippen molar-refractivity contribution in [2.24, 2.45) is 7.05 Å². The molecule has 3 heterocycles. The summed E-state index contributed by atoms with van der Waals surface area (Å²) in [4.78, 5) is 0. The second-order valence-corrected chi connectivity index (χ2v) is 23.1. The Morgan fingerprint density at radius 2 is 0.447 bits per heavy atom. The summed E-state index contributed by atoms with van der Waals surface area (Å²) in [5, 5.41) is 18.4. The summed E-state index contributed by atoms with van der Waals surface area (Å²) in [5.41, 5.74) is 11.8. The Labute approximate surface area is 700 Å². The van der Waals surface area contributed by atoms with E-state index in [1.54, 1.807) is 0 Å². The quantitative estimate of drug-likeness (QED) is 0.138. The molecule has 0 atom stereocenters. The molecular formula is C111H153NOS. The number of nitrogens with zero attached hydrogens (tertiary/aromatic N) is 1. The largest absolute Gasteiger partial charge is 0.456 e. The molecule has 1 aliphatic rings. The van der Waals surface area contributed by atoms with Crippen LogP contribution in [0.4, 0.5) is 0 Å². The number of para-hydroxylation sites is 4. The van der Waals surface area contributed by atoms with Gasteiger partial charge >= 0.3 is 0 Å². The second kappa shape index (κ2) is 66.4. The molecule has 3 aromatic heterocycles. The first-order chi connectivity index (χ1) is 56.3. The van der Waals surface area contributed by atoms with E-state index in [9.17, 15) is 0 Å². The van der Waals surface area contributed by atoms with Crippen molar-refractivity contribution in [3.05, 3.63) is 326 Å². The highest BCUT2D eigenvalue weighted by Crippen LogP contribution is 2.48. The van der Waals surface area contributed by atoms with E-state index in [4.69, 9.17) is 4.42 Å². The van der Waals surface area contributed by atoms with E-state index < -0.39 is 0 Å². The van der Waals surface area contributed by atoms with Crippen molar-refractivity contribution in [2.45, 2.75) is 234 Å². The lowest BCUT2D eigenvalue weighted by Gasteiger charge is -2.20. The third-order valence-corrected chi connectivity index (χ3v) is 17.7. The zero-order valence-electron chi connectivity index (χ0n) is 77.7. The van der Waals surface area contributed by atoms with Crippen LogP contribution in [0.2, 0.25) is 0 Å². The molecule has 114 heavy (non-hydrogen) atoms. The summed E-state index contributed by atoms with van der Waals surface area (Å²) in [6.07, 6.45) is 0. The Morgan fingerprint density at radius 1 is 0.228 bits per heavy atom. The van der Waals surface area contributed by atoms with Crippen LogP contribution in [0.1, 0.15) is 238 Å². The predicted octanol–water partition coefficient (Wildman–Crippen LogP) is 38.7. The summed E-state index contributed by atoms with van der Waals surface area (Å²) in [5.74, 6) is 0. The van der Waals surface area contributed by atoms with Gasteiger partial charge in [0.15, 0.2) is 0 Å². The summed E-state index contributed by atoms with van der Waals surface area (Å²) in [6, 6.07) is 109. The highest BCUT2D eigenvalue weighted by atomic mass is 32.1. The molecule has 0 saturated heterocycles. The molecule has 2 nitrogen and oxygen atoms in total. The molecule has 14 aromatic carbocycles. The molecule has 0 radical (unpaired) electrons. The van der Waals surface area contributed by atoms with E-state index >= 15 is 0 Å².